The molecule has 12 rings (SSSR count). The summed E-state index contributed by atoms with van der Waals surface area (Å²) in [7, 11) is 6.21. The second-order valence-corrected chi connectivity index (χ2v) is 32.2. The van der Waals surface area contributed by atoms with Crippen LogP contribution in [0.25, 0.3) is 0 Å². The summed E-state index contributed by atoms with van der Waals surface area (Å²) in [4.78, 5) is 79.7. The molecule has 5 unspecified atom stereocenters. The molecule has 26 nitrogen and oxygen atoms in total. The average Bonchev–Trinajstić information content (AvgIpc) is 0.831. The molecule has 7 atom stereocenters. The molecular weight excluding hydrogens is 1700 g/mol. The first kappa shape index (κ1) is 98.6. The van der Waals surface area contributed by atoms with E-state index in [1.807, 2.05) is 136 Å². The number of carbonyl (C=O) groups is 5. The van der Waals surface area contributed by atoms with Crippen molar-refractivity contribution < 1.29 is 29.1 Å². The number of pyridine rings is 5. The fraction of sp³-hybridized carbons (Fsp3) is 0.341. The number of aromatic nitrogens is 5. The molecule has 5 aromatic heterocycles. The number of aryl methyl sites for hydroxylation is 4. The molecule has 624 valence electrons. The van der Waals surface area contributed by atoms with Crippen molar-refractivity contribution in [3.63, 3.8) is 0 Å². The van der Waals surface area contributed by atoms with Crippen LogP contribution in [0.15, 0.2) is 158 Å². The molecular formula is C82H113Cl5IN20O6P. The molecule has 0 aliphatic heterocycles. The third-order valence-electron chi connectivity index (χ3n) is 17.3. The van der Waals surface area contributed by atoms with Gasteiger partial charge in [-0.3, -0.25) is 19.2 Å². The fourth-order valence-electron chi connectivity index (χ4n) is 11.4. The van der Waals surface area contributed by atoms with Gasteiger partial charge < -0.3 is 87.8 Å². The van der Waals surface area contributed by atoms with E-state index in [0.29, 0.717) is 50.7 Å². The van der Waals surface area contributed by atoms with Crippen LogP contribution in [0.4, 0.5) is 51.8 Å². The van der Waals surface area contributed by atoms with E-state index >= 15 is 0 Å². The molecule has 4 amide bonds. The minimum absolute atomic E-state index is 0. The number of primary amides is 1. The number of carboxylic acids is 1. The van der Waals surface area contributed by atoms with Crippen molar-refractivity contribution >= 4 is 167 Å². The number of nitrogens with two attached hydrogens (primary N) is 7. The molecule has 115 heavy (non-hydrogen) atoms. The van der Waals surface area contributed by atoms with E-state index in [1.165, 1.54) is 82.4 Å². The summed E-state index contributed by atoms with van der Waals surface area (Å²) < 4.78 is 6.70. The number of carbonyl (C=O) groups excluding carboxylic acids is 4. The summed E-state index contributed by atoms with van der Waals surface area (Å²) in [6, 6.07) is 48.8. The minimum atomic E-state index is -1.11. The Labute approximate surface area is 713 Å². The summed E-state index contributed by atoms with van der Waals surface area (Å²) in [5.74, 6) is 0.576. The third-order valence-corrected chi connectivity index (χ3v) is 18.5. The molecule has 3 aliphatic rings. The molecule has 33 heteroatoms. The zero-order chi connectivity index (χ0) is 85.3. The molecule has 0 bridgehead atoms. The number of amides is 4. The number of nitrogens with one attached hydrogen (secondary N) is 8. The van der Waals surface area contributed by atoms with Gasteiger partial charge in [-0.05, 0) is 205 Å². The van der Waals surface area contributed by atoms with Crippen molar-refractivity contribution in [1.82, 2.24) is 40.9 Å². The van der Waals surface area contributed by atoms with E-state index in [1.54, 1.807) is 44.4 Å². The normalized spacial score (nSPS) is 16.2. The zero-order valence-electron chi connectivity index (χ0n) is 66.6. The van der Waals surface area contributed by atoms with Crippen molar-refractivity contribution in [1.29, 1.82) is 0.594 Å². The van der Waals surface area contributed by atoms with Gasteiger partial charge in [0.25, 0.3) is 23.6 Å². The number of benzene rings is 4. The molecule has 0 saturated heterocycles. The molecule has 4 aromatic carbocycles. The van der Waals surface area contributed by atoms with Gasteiger partial charge in [0, 0.05) is 80.1 Å². The van der Waals surface area contributed by atoms with E-state index in [2.05, 4.69) is 80.1 Å². The van der Waals surface area contributed by atoms with Crippen LogP contribution in [0.3, 0.4) is 0 Å². The molecule has 0 radical (unpaired) electrons. The standard InChI is InChI=1S/C20H27N5O.C19H25N5O.C14H14ClN3O.C7H6Cl2N2O.C7H9N.C6H3Cl2NO2.C6H14N2.CH6IP.CH5N.CH4/c1-13-6-5-7-14(12-13)23-19-15(20(26)22-2)10-11-18(25-19)24-17-9-4-3-8-16(17)21;1-12-5-4-6-13(11-12)22-19-14(18(21)25)9-10-17(24-19)23-16-8-3-2-7-15(16)20;1-9-4-3-5-10(8-9)17-13-11(14(19)16-2)6-7-12(15)18-13;1-10-7(12)4-2-3-5(8)11-6(4)9;1-6-3-2-4-7(8)5-6;7-4-2-1-3(6(10)11)5(8)9-4;7-5-3-1-2-4-6(5)8;1-2-3;1-2;/h5-7,10-12,16-17H,3-4,8-9,21H2,1-2H3,(H,22,26)(H2,23,24,25);4-6,9-11,15-16H,2-3,7-8,20H2,1H3,(H2,21,25)(H2,22,23,24);3-8H,1-2H3,(H,16,19)(H,17,18);2-3H,1H3,(H,10,12);2-5H,8H2,1H3;1-2H,(H,10,11);5-6H,1-4,7-8H2;2H,3H2,1H3;2H2,1H3;1H4/t;;;;;;5-,6+;;;/i;;;;;;;2D;;. The number of aromatic carboxylic acids is 1. The number of nitrogen functional groups attached to an aromatic ring is 1. The van der Waals surface area contributed by atoms with Crippen molar-refractivity contribution in [3.8, 4) is 0 Å². The Kier molecular flexibility index (Phi) is 46.4. The third kappa shape index (κ3) is 36.5. The van der Waals surface area contributed by atoms with E-state index < -0.39 is 32.3 Å². The van der Waals surface area contributed by atoms with Crippen molar-refractivity contribution in [2.45, 2.75) is 148 Å². The van der Waals surface area contributed by atoms with Gasteiger partial charge in [-0.25, -0.2) is 29.7 Å². The molecule has 23 N–H and O–H groups in total. The topological polar surface area (TPSA) is 448 Å². The monoisotopic (exact) mass is 1810 g/mol. The second-order valence-electron chi connectivity index (χ2n) is 26.2. The van der Waals surface area contributed by atoms with Gasteiger partial charge in [-0.2, -0.15) is 0 Å². The Morgan fingerprint density at radius 1 is 0.443 bits per heavy atom. The Hall–Kier alpha value is -8.81. The number of carboxylic acid groups (broad SMARTS) is 1. The first-order valence-corrected chi connectivity index (χ1v) is 44.8. The summed E-state index contributed by atoms with van der Waals surface area (Å²) in [5, 5.41) is 33.4. The van der Waals surface area contributed by atoms with Crippen LogP contribution in [0.2, 0.25) is 25.8 Å². The van der Waals surface area contributed by atoms with Crippen molar-refractivity contribution in [2.75, 3.05) is 65.4 Å². The first-order chi connectivity index (χ1) is 54.8. The second kappa shape index (κ2) is 54.2. The van der Waals surface area contributed by atoms with Gasteiger partial charge >= 0.3 is 38.8 Å². The van der Waals surface area contributed by atoms with Crippen LogP contribution in [-0.2, 0) is 0 Å². The van der Waals surface area contributed by atoms with E-state index in [0.717, 1.165) is 83.8 Å². The summed E-state index contributed by atoms with van der Waals surface area (Å²) in [6.45, 7) is 10.5. The number of hydrogen-bond acceptors (Lipinski definition) is 21. The fourth-order valence-corrected chi connectivity index (χ4v) is 12.4. The molecule has 3 aliphatic carbocycles. The number of rotatable bonds is 15. The number of hydrogen-bond donors (Lipinski definition) is 16. The SMILES string of the molecule is C.CN.CNC(=O)c1ccc(Cl)nc1Cl.CNC(=O)c1ccc(Cl)nc1Nc1cccc(C)c1.CNC(=O)c1ccc(NC2CCCCC2N)nc1Nc1cccc(C)c1.Cc1cccc(N)c1.Cc1cccc(Nc2nc(NC3CCCCC3N)ccc2C(N)=O)c1.N[C@@H]1CCCC[C@@H]1N.O=C(O)c1ccc(Cl)nc1Cl.[2H]I(C)P. The molecule has 0 spiro atoms. The van der Waals surface area contributed by atoms with Crippen LogP contribution in [0.5, 0.6) is 0 Å². The maximum atomic E-state index is 12.2. The number of anilines is 9. The predicted molar refractivity (Wildman–Crippen MR) is 491 cm³/mol. The summed E-state index contributed by atoms with van der Waals surface area (Å²) in [5.41, 5.74) is 48.8. The molecule has 3 saturated carbocycles. The van der Waals surface area contributed by atoms with Crippen LogP contribution in [0, 0.1) is 27.7 Å². The molecule has 5 heterocycles. The average molecular weight is 1810 g/mol. The van der Waals surface area contributed by atoms with Gasteiger partial charge in [0.2, 0.25) is 0 Å². The van der Waals surface area contributed by atoms with Crippen molar-refractivity contribution in [2.24, 2.45) is 34.4 Å². The van der Waals surface area contributed by atoms with Crippen molar-refractivity contribution in [3.05, 3.63) is 234 Å². The van der Waals surface area contributed by atoms with Crippen LogP contribution in [-0.4, -0.2) is 130 Å². The zero-order valence-corrected chi connectivity index (χ0v) is 72.7. The van der Waals surface area contributed by atoms with Gasteiger partial charge in [-0.1, -0.05) is 152 Å². The number of halogens is 6. The quantitative estimate of drug-likeness (QED) is 0.0149. The maximum absolute atomic E-state index is 12.2. The van der Waals surface area contributed by atoms with E-state index in [9.17, 15) is 24.0 Å². The Bertz CT molecular complexity index is 4540. The predicted octanol–water partition coefficient (Wildman–Crippen LogP) is 16.2. The molecule has 9 aromatic rings. The van der Waals surface area contributed by atoms with Crippen LogP contribution < -0.4 is 82.7 Å². The Morgan fingerprint density at radius 2 is 0.748 bits per heavy atom. The Morgan fingerprint density at radius 3 is 1.07 bits per heavy atom. The summed E-state index contributed by atoms with van der Waals surface area (Å²) >= 11 is 26.8. The number of alkyl halides is 1. The first-order valence-electron chi connectivity index (χ1n) is 37.0. The van der Waals surface area contributed by atoms with Crippen LogP contribution in [0.1, 0.15) is 159 Å². The number of nitrogens with zero attached hydrogens (tertiary/aromatic N) is 5. The van der Waals surface area contributed by atoms with E-state index in [4.69, 9.17) is 98.1 Å². The van der Waals surface area contributed by atoms with E-state index in [-0.39, 0.29) is 87.6 Å². The summed E-state index contributed by atoms with van der Waals surface area (Å²) in [6.07, 6.45) is 13.6. The van der Waals surface area contributed by atoms with Gasteiger partial charge in [0.1, 0.15) is 54.9 Å². The van der Waals surface area contributed by atoms with Gasteiger partial charge in [-0.15, -0.1) is 0 Å². The van der Waals surface area contributed by atoms with Gasteiger partial charge in [0.05, 0.1) is 27.8 Å². The van der Waals surface area contributed by atoms with Gasteiger partial charge in [0.15, 0.2) is 0 Å². The molecule has 3 fully saturated rings. The Balaban J connectivity index is 0.000000359. The van der Waals surface area contributed by atoms with Crippen LogP contribution >= 0.6 is 85.3 Å².